The molecule has 5 heteroatoms. The van der Waals surface area contributed by atoms with E-state index in [1.807, 2.05) is 19.1 Å². The number of hydrogen-bond donors (Lipinski definition) is 2. The van der Waals surface area contributed by atoms with Gasteiger partial charge in [0, 0.05) is 18.2 Å². The highest BCUT2D eigenvalue weighted by Crippen LogP contribution is 2.22. The van der Waals surface area contributed by atoms with Crippen molar-refractivity contribution in [3.63, 3.8) is 0 Å². The van der Waals surface area contributed by atoms with Crippen molar-refractivity contribution in [2.45, 2.75) is 6.92 Å². The fourth-order valence-corrected chi connectivity index (χ4v) is 1.32. The normalized spacial score (nSPS) is 11.1. The molecule has 0 spiro atoms. The summed E-state index contributed by atoms with van der Waals surface area (Å²) in [6.45, 7) is 2.59. The summed E-state index contributed by atoms with van der Waals surface area (Å²) < 4.78 is 10.3. The molecule has 0 heterocycles. The van der Waals surface area contributed by atoms with Crippen LogP contribution in [0.25, 0.3) is 0 Å². The van der Waals surface area contributed by atoms with E-state index in [-0.39, 0.29) is 0 Å². The lowest BCUT2D eigenvalue weighted by molar-refractivity contribution is 0.394. The lowest BCUT2D eigenvalue weighted by Gasteiger charge is -2.10. The average Bonchev–Trinajstić information content (AvgIpc) is 2.35. The molecule has 0 bridgehead atoms. The molecule has 1 aromatic carbocycles. The van der Waals surface area contributed by atoms with Crippen LogP contribution in [0.5, 0.6) is 11.5 Å². The van der Waals surface area contributed by atoms with Crippen LogP contribution in [0.1, 0.15) is 12.5 Å². The van der Waals surface area contributed by atoms with Gasteiger partial charge in [-0.2, -0.15) is 0 Å². The van der Waals surface area contributed by atoms with Crippen molar-refractivity contribution in [3.8, 4) is 11.5 Å². The maximum atomic E-state index is 5.41. The number of hydrazine groups is 1. The second-order valence-corrected chi connectivity index (χ2v) is 3.07. The smallest absolute Gasteiger partial charge is 0.142 e. The second-order valence-electron chi connectivity index (χ2n) is 3.07. The molecular formula is C11H17N3O2. The van der Waals surface area contributed by atoms with Gasteiger partial charge in [0.05, 0.1) is 14.2 Å². The molecule has 1 aromatic rings. The highest BCUT2D eigenvalue weighted by Gasteiger charge is 2.06. The third-order valence-corrected chi connectivity index (χ3v) is 2.08. The van der Waals surface area contributed by atoms with Crippen molar-refractivity contribution < 1.29 is 9.47 Å². The first kappa shape index (κ1) is 12.3. The van der Waals surface area contributed by atoms with E-state index in [4.69, 9.17) is 15.3 Å². The van der Waals surface area contributed by atoms with E-state index in [1.54, 1.807) is 20.3 Å². The van der Waals surface area contributed by atoms with E-state index in [0.29, 0.717) is 23.9 Å². The highest BCUT2D eigenvalue weighted by atomic mass is 16.5. The van der Waals surface area contributed by atoms with E-state index < -0.39 is 0 Å². The van der Waals surface area contributed by atoms with Gasteiger partial charge in [-0.25, -0.2) is 5.84 Å². The number of nitrogens with zero attached hydrogens (tertiary/aromatic N) is 1. The number of rotatable bonds is 4. The summed E-state index contributed by atoms with van der Waals surface area (Å²) in [5.41, 5.74) is 3.39. The van der Waals surface area contributed by atoms with Gasteiger partial charge in [-0.3, -0.25) is 4.99 Å². The third kappa shape index (κ3) is 2.87. The van der Waals surface area contributed by atoms with Crippen molar-refractivity contribution in [2.24, 2.45) is 10.8 Å². The Kier molecular flexibility index (Phi) is 4.60. The number of hydrogen-bond acceptors (Lipinski definition) is 4. The number of aliphatic imine (C=N–C) groups is 1. The Morgan fingerprint density at radius 1 is 1.25 bits per heavy atom. The van der Waals surface area contributed by atoms with Crippen LogP contribution in [0.2, 0.25) is 0 Å². The Morgan fingerprint density at radius 2 is 1.81 bits per heavy atom. The number of benzene rings is 1. The molecule has 0 saturated heterocycles. The average molecular weight is 223 g/mol. The number of nitrogens with two attached hydrogens (primary N) is 1. The molecule has 0 fully saturated rings. The zero-order valence-corrected chi connectivity index (χ0v) is 9.78. The lowest BCUT2D eigenvalue weighted by Crippen LogP contribution is -2.31. The Hall–Kier alpha value is -1.75. The van der Waals surface area contributed by atoms with E-state index >= 15 is 0 Å². The first-order valence-corrected chi connectivity index (χ1v) is 4.99. The molecule has 1 rings (SSSR count). The molecule has 3 N–H and O–H groups in total. The first-order chi connectivity index (χ1) is 7.74. The fraction of sp³-hybridized carbons (Fsp3) is 0.364. The number of ether oxygens (including phenoxy) is 2. The van der Waals surface area contributed by atoms with Crippen molar-refractivity contribution in [1.29, 1.82) is 0 Å². The summed E-state index contributed by atoms with van der Waals surface area (Å²) >= 11 is 0. The topological polar surface area (TPSA) is 68.9 Å². The maximum Gasteiger partial charge on any atom is 0.142 e. The van der Waals surface area contributed by atoms with Crippen LogP contribution >= 0.6 is 0 Å². The van der Waals surface area contributed by atoms with Crippen molar-refractivity contribution >= 4 is 5.84 Å². The largest absolute Gasteiger partial charge is 0.497 e. The number of methoxy groups -OCH3 is 2. The Bertz CT molecular complexity index is 355. The van der Waals surface area contributed by atoms with E-state index in [0.717, 1.165) is 5.56 Å². The minimum Gasteiger partial charge on any atom is -0.497 e. The summed E-state index contributed by atoms with van der Waals surface area (Å²) in [6.07, 6.45) is 0. The zero-order valence-electron chi connectivity index (χ0n) is 9.78. The fourth-order valence-electron chi connectivity index (χ4n) is 1.32. The molecule has 0 aliphatic carbocycles. The lowest BCUT2D eigenvalue weighted by atomic mass is 10.2. The first-order valence-electron chi connectivity index (χ1n) is 4.99. The zero-order chi connectivity index (χ0) is 12.0. The van der Waals surface area contributed by atoms with Crippen LogP contribution in [-0.4, -0.2) is 26.6 Å². The van der Waals surface area contributed by atoms with Gasteiger partial charge in [0.15, 0.2) is 0 Å². The molecule has 0 unspecified atom stereocenters. The third-order valence-electron chi connectivity index (χ3n) is 2.08. The highest BCUT2D eigenvalue weighted by molar-refractivity contribution is 5.99. The van der Waals surface area contributed by atoms with Gasteiger partial charge in [-0.1, -0.05) is 0 Å². The van der Waals surface area contributed by atoms with Gasteiger partial charge < -0.3 is 14.9 Å². The van der Waals surface area contributed by atoms with Crippen LogP contribution in [0.15, 0.2) is 23.2 Å². The molecule has 0 aliphatic heterocycles. The van der Waals surface area contributed by atoms with Crippen LogP contribution in [0.4, 0.5) is 0 Å². The SMILES string of the molecule is CCN=C(NN)c1cc(OC)cc(OC)c1. The molecule has 0 atom stereocenters. The predicted octanol–water partition coefficient (Wildman–Crippen LogP) is 0.934. The van der Waals surface area contributed by atoms with Crippen molar-refractivity contribution in [1.82, 2.24) is 5.43 Å². The van der Waals surface area contributed by atoms with Crippen molar-refractivity contribution in [2.75, 3.05) is 20.8 Å². The van der Waals surface area contributed by atoms with E-state index in [9.17, 15) is 0 Å². The summed E-state index contributed by atoms with van der Waals surface area (Å²) in [4.78, 5) is 4.23. The predicted molar refractivity (Wildman–Crippen MR) is 63.9 cm³/mol. The molecule has 0 saturated carbocycles. The molecular weight excluding hydrogens is 206 g/mol. The standard InChI is InChI=1S/C11H17N3O2/c1-4-13-11(14-12)8-5-9(15-2)7-10(6-8)16-3/h5-7H,4,12H2,1-3H3,(H,13,14). The second kappa shape index (κ2) is 5.97. The molecule has 0 amide bonds. The Labute approximate surface area is 95.2 Å². The van der Waals surface area contributed by atoms with E-state index in [2.05, 4.69) is 10.4 Å². The van der Waals surface area contributed by atoms with Crippen molar-refractivity contribution in [3.05, 3.63) is 23.8 Å². The minimum absolute atomic E-state index is 0.611. The molecule has 88 valence electrons. The van der Waals surface area contributed by atoms with Gasteiger partial charge in [0.2, 0.25) is 0 Å². The Morgan fingerprint density at radius 3 is 2.19 bits per heavy atom. The number of amidine groups is 1. The van der Waals surface area contributed by atoms with E-state index in [1.165, 1.54) is 0 Å². The summed E-state index contributed by atoms with van der Waals surface area (Å²) in [6, 6.07) is 5.48. The van der Waals surface area contributed by atoms with Crippen LogP contribution in [-0.2, 0) is 0 Å². The van der Waals surface area contributed by atoms with Gasteiger partial charge in [-0.05, 0) is 19.1 Å². The molecule has 5 nitrogen and oxygen atoms in total. The monoisotopic (exact) mass is 223 g/mol. The molecule has 0 aliphatic rings. The number of nitrogens with one attached hydrogen (secondary N) is 1. The van der Waals surface area contributed by atoms with Crippen LogP contribution < -0.4 is 20.7 Å². The summed E-state index contributed by atoms with van der Waals surface area (Å²) in [5, 5.41) is 0. The molecule has 0 radical (unpaired) electrons. The quantitative estimate of drug-likeness (QED) is 0.345. The maximum absolute atomic E-state index is 5.41. The molecule has 16 heavy (non-hydrogen) atoms. The Balaban J connectivity index is 3.15. The van der Waals surface area contributed by atoms with Gasteiger partial charge in [0.1, 0.15) is 17.3 Å². The van der Waals surface area contributed by atoms with Crippen LogP contribution in [0.3, 0.4) is 0 Å². The van der Waals surface area contributed by atoms with Crippen LogP contribution in [0, 0.1) is 0 Å². The van der Waals surface area contributed by atoms with Gasteiger partial charge in [0.25, 0.3) is 0 Å². The summed E-state index contributed by atoms with van der Waals surface area (Å²) in [5.74, 6) is 7.43. The molecule has 0 aromatic heterocycles. The van der Waals surface area contributed by atoms with Gasteiger partial charge >= 0.3 is 0 Å². The minimum atomic E-state index is 0.611. The summed E-state index contributed by atoms with van der Waals surface area (Å²) in [7, 11) is 3.20. The van der Waals surface area contributed by atoms with Gasteiger partial charge in [-0.15, -0.1) is 0 Å².